The molecule has 5 rings (SSSR count). The maximum atomic E-state index is 16.4. The molecule has 4 aromatic rings. The highest BCUT2D eigenvalue weighted by Gasteiger charge is 2.50. The molecule has 1 aliphatic heterocycles. The highest BCUT2D eigenvalue weighted by molar-refractivity contribution is 7.05. The first-order chi connectivity index (χ1) is 21.0. The summed E-state index contributed by atoms with van der Waals surface area (Å²) in [7, 11) is -3.04. The number of nitroso groups, excluding NO2 is 1. The van der Waals surface area contributed by atoms with Gasteiger partial charge in [0.05, 0.1) is 35.1 Å². The number of nitrogens with zero attached hydrogens (tertiary/aromatic N) is 4. The molecular weight excluding hydrogens is 599 g/mol. The summed E-state index contributed by atoms with van der Waals surface area (Å²) >= 11 is 0.951. The lowest BCUT2D eigenvalue weighted by molar-refractivity contribution is -0.00553. The summed E-state index contributed by atoms with van der Waals surface area (Å²) < 4.78 is 49.5. The Morgan fingerprint density at radius 2 is 1.59 bits per heavy atom. The lowest BCUT2D eigenvalue weighted by atomic mass is 9.98. The van der Waals surface area contributed by atoms with Gasteiger partial charge >= 0.3 is 0 Å². The molecule has 232 valence electrons. The molecule has 44 heavy (non-hydrogen) atoms. The zero-order valence-electron chi connectivity index (χ0n) is 25.9. The van der Waals surface area contributed by atoms with Crippen LogP contribution < -0.4 is 15.3 Å². The van der Waals surface area contributed by atoms with Gasteiger partial charge in [0.15, 0.2) is 17.7 Å². The van der Waals surface area contributed by atoms with Crippen LogP contribution >= 0.6 is 11.5 Å². The monoisotopic (exact) mass is 636 g/mol. The number of benzene rings is 3. The Balaban J connectivity index is 1.70. The van der Waals surface area contributed by atoms with E-state index in [2.05, 4.69) is 59.8 Å². The molecule has 0 bridgehead atoms. The average Bonchev–Trinajstić information content (AvgIpc) is 3.41. The van der Waals surface area contributed by atoms with Crippen LogP contribution in [0.3, 0.4) is 0 Å². The molecule has 0 spiro atoms. The van der Waals surface area contributed by atoms with Gasteiger partial charge in [-0.2, -0.15) is 0 Å². The normalized spacial score (nSPS) is 18.3. The number of aryl methyl sites for hydroxylation is 1. The molecular formula is C33H38F2N4O3SSi. The second-order valence-corrected chi connectivity index (χ2v) is 17.5. The van der Waals surface area contributed by atoms with E-state index in [4.69, 9.17) is 9.16 Å². The van der Waals surface area contributed by atoms with Crippen molar-refractivity contribution in [1.29, 1.82) is 0 Å². The van der Waals surface area contributed by atoms with E-state index >= 15 is 8.78 Å². The summed E-state index contributed by atoms with van der Waals surface area (Å²) in [6, 6.07) is 20.5. The van der Waals surface area contributed by atoms with Crippen molar-refractivity contribution < 1.29 is 17.9 Å². The molecule has 11 heteroatoms. The maximum absolute atomic E-state index is 16.4. The lowest BCUT2D eigenvalue weighted by Crippen LogP contribution is -2.66. The lowest BCUT2D eigenvalue weighted by Gasteiger charge is -2.43. The second kappa shape index (κ2) is 12.9. The van der Waals surface area contributed by atoms with Crippen LogP contribution in [0.1, 0.15) is 62.4 Å². The molecule has 0 amide bonds. The van der Waals surface area contributed by atoms with Crippen LogP contribution in [-0.4, -0.2) is 43.2 Å². The fourth-order valence-electron chi connectivity index (χ4n) is 6.38. The van der Waals surface area contributed by atoms with Gasteiger partial charge in [-0.1, -0.05) is 91.1 Å². The molecule has 1 fully saturated rings. The molecule has 1 aromatic heterocycles. The number of rotatable bonds is 9. The number of morpholine rings is 1. The number of halogens is 2. The van der Waals surface area contributed by atoms with Crippen molar-refractivity contribution in [2.45, 2.75) is 71.4 Å². The Bertz CT molecular complexity index is 1550. The Kier molecular flexibility index (Phi) is 9.40. The second-order valence-electron chi connectivity index (χ2n) is 12.4. The third kappa shape index (κ3) is 5.98. The molecule has 1 aliphatic rings. The minimum absolute atomic E-state index is 0.0154. The summed E-state index contributed by atoms with van der Waals surface area (Å²) in [6.07, 6.45) is -0.386. The Hall–Kier alpha value is -3.38. The van der Waals surface area contributed by atoms with Gasteiger partial charge in [-0.05, 0) is 53.8 Å². The zero-order valence-corrected chi connectivity index (χ0v) is 27.7. The summed E-state index contributed by atoms with van der Waals surface area (Å²) in [4.78, 5) is 14.4. The molecule has 3 atom stereocenters. The zero-order chi connectivity index (χ0) is 31.6. The van der Waals surface area contributed by atoms with Gasteiger partial charge in [0, 0.05) is 24.2 Å². The molecule has 0 saturated carbocycles. The molecule has 2 heterocycles. The molecule has 0 radical (unpaired) electrons. The quantitative estimate of drug-likeness (QED) is 0.151. The summed E-state index contributed by atoms with van der Waals surface area (Å²) in [5, 5.41) is 8.99. The van der Waals surface area contributed by atoms with Crippen LogP contribution in [0, 0.1) is 23.5 Å². The van der Waals surface area contributed by atoms with E-state index in [0.29, 0.717) is 29.2 Å². The topological polar surface area (TPSA) is 76.9 Å². The molecule has 3 aromatic carbocycles. The van der Waals surface area contributed by atoms with E-state index < -0.39 is 26.0 Å². The van der Waals surface area contributed by atoms with Crippen molar-refractivity contribution in [1.82, 2.24) is 9.59 Å². The maximum Gasteiger partial charge on any atom is 0.261 e. The standard InChI is InChI=1S/C33H38F2N4O3SSi/c1-21-18-39(19-22(2)42-21)31-24(17-27(28(34)29(31)35)30(37-40)32-23(3)36-38-43-32)20-41-44(33(4,5)6,25-13-9-7-10-14-25)26-15-11-8-12-16-26/h7-17,21-22,30H,18-20H2,1-6H3/t21-,22+,30?. The summed E-state index contributed by atoms with van der Waals surface area (Å²) in [6.45, 7) is 12.7. The predicted octanol–water partition coefficient (Wildman–Crippen LogP) is 6.67. The smallest absolute Gasteiger partial charge is 0.261 e. The number of hydrogen-bond acceptors (Lipinski definition) is 8. The fourth-order valence-corrected chi connectivity index (χ4v) is 11.6. The minimum Gasteiger partial charge on any atom is -0.403 e. The largest absolute Gasteiger partial charge is 0.403 e. The van der Waals surface area contributed by atoms with Crippen LogP contribution in [0.2, 0.25) is 5.04 Å². The van der Waals surface area contributed by atoms with Crippen molar-refractivity contribution in [2.24, 2.45) is 5.18 Å². The van der Waals surface area contributed by atoms with Gasteiger partial charge in [0.1, 0.15) is 0 Å². The fraction of sp³-hybridized carbons (Fsp3) is 0.394. The van der Waals surface area contributed by atoms with E-state index in [1.54, 1.807) is 13.0 Å². The average molecular weight is 637 g/mol. The Labute approximate surface area is 262 Å². The highest BCUT2D eigenvalue weighted by Crippen LogP contribution is 2.41. The van der Waals surface area contributed by atoms with Gasteiger partial charge in [-0.15, -0.1) is 10.0 Å². The van der Waals surface area contributed by atoms with Gasteiger partial charge in [-0.3, -0.25) is 0 Å². The molecule has 1 saturated heterocycles. The van der Waals surface area contributed by atoms with E-state index in [0.717, 1.165) is 21.9 Å². The number of hydrogen-bond donors (Lipinski definition) is 0. The van der Waals surface area contributed by atoms with Crippen LogP contribution in [0.5, 0.6) is 0 Å². The first kappa shape index (κ1) is 32.0. The SMILES string of the molecule is Cc1nnsc1C(N=O)c1cc(CO[Si](c2ccccc2)(c2ccccc2)C(C)(C)C)c(N2C[C@@H](C)O[C@@H](C)C2)c(F)c1F. The third-order valence-electron chi connectivity index (χ3n) is 8.22. The molecule has 0 aliphatic carbocycles. The van der Waals surface area contributed by atoms with Crippen LogP contribution in [0.4, 0.5) is 14.5 Å². The van der Waals surface area contributed by atoms with Crippen LogP contribution in [0.25, 0.3) is 0 Å². The predicted molar refractivity (Wildman–Crippen MR) is 173 cm³/mol. The van der Waals surface area contributed by atoms with Gasteiger partial charge in [-0.25, -0.2) is 8.78 Å². The first-order valence-corrected chi connectivity index (χ1v) is 17.4. The molecule has 0 N–H and O–H groups in total. The van der Waals surface area contributed by atoms with Gasteiger partial charge in [0.2, 0.25) is 0 Å². The van der Waals surface area contributed by atoms with Gasteiger partial charge in [0.25, 0.3) is 8.32 Å². The third-order valence-corrected chi connectivity index (χ3v) is 14.1. The number of anilines is 1. The molecule has 7 nitrogen and oxygen atoms in total. The summed E-state index contributed by atoms with van der Waals surface area (Å²) in [5.41, 5.74) is 0.849. The summed E-state index contributed by atoms with van der Waals surface area (Å²) in [5.74, 6) is -2.15. The minimum atomic E-state index is -3.04. The van der Waals surface area contributed by atoms with Crippen LogP contribution in [0.15, 0.2) is 71.9 Å². The van der Waals surface area contributed by atoms with Crippen molar-refractivity contribution in [3.8, 4) is 0 Å². The van der Waals surface area contributed by atoms with E-state index in [-0.39, 0.29) is 35.1 Å². The Morgan fingerprint density at radius 3 is 2.07 bits per heavy atom. The van der Waals surface area contributed by atoms with E-state index in [1.807, 2.05) is 55.1 Å². The van der Waals surface area contributed by atoms with Crippen LogP contribution in [-0.2, 0) is 15.8 Å². The van der Waals surface area contributed by atoms with Crippen molar-refractivity contribution in [2.75, 3.05) is 18.0 Å². The van der Waals surface area contributed by atoms with Gasteiger partial charge < -0.3 is 14.1 Å². The van der Waals surface area contributed by atoms with E-state index in [9.17, 15) is 4.91 Å². The van der Waals surface area contributed by atoms with Crippen molar-refractivity contribution in [3.63, 3.8) is 0 Å². The molecule has 1 unspecified atom stereocenters. The van der Waals surface area contributed by atoms with Crippen molar-refractivity contribution in [3.05, 3.63) is 105 Å². The Morgan fingerprint density at radius 1 is 1.02 bits per heavy atom. The number of aromatic nitrogens is 2. The highest BCUT2D eigenvalue weighted by atomic mass is 32.1. The van der Waals surface area contributed by atoms with Crippen molar-refractivity contribution >= 4 is 35.9 Å². The van der Waals surface area contributed by atoms with E-state index in [1.165, 1.54) is 0 Å². The first-order valence-electron chi connectivity index (χ1n) is 14.8. The number of ether oxygens (including phenoxy) is 1.